The Morgan fingerprint density at radius 2 is 2.17 bits per heavy atom. The summed E-state index contributed by atoms with van der Waals surface area (Å²) in [5, 5.41) is 9.47. The van der Waals surface area contributed by atoms with Gasteiger partial charge in [-0.25, -0.2) is 0 Å². The summed E-state index contributed by atoms with van der Waals surface area (Å²) in [6.45, 7) is 0.561. The van der Waals surface area contributed by atoms with E-state index in [4.69, 9.17) is 5.73 Å². The number of hydrogen-bond donors (Lipinski definition) is 1. The highest BCUT2D eigenvalue weighted by Gasteiger charge is 2.03. The summed E-state index contributed by atoms with van der Waals surface area (Å²) in [4.78, 5) is 1.15. The van der Waals surface area contributed by atoms with Gasteiger partial charge in [-0.1, -0.05) is 0 Å². The van der Waals surface area contributed by atoms with Gasteiger partial charge in [0.25, 0.3) is 0 Å². The predicted octanol–water partition coefficient (Wildman–Crippen LogP) is 0.787. The summed E-state index contributed by atoms with van der Waals surface area (Å²) >= 11 is 1.65. The smallest absolute Gasteiger partial charge is 0.123 e. The number of nitrogens with two attached hydrogens (primary N) is 1. The maximum atomic E-state index is 5.56. The summed E-state index contributed by atoms with van der Waals surface area (Å²) < 4.78 is 1.86. The third-order valence-electron chi connectivity index (χ3n) is 1.60. The Hall–Kier alpha value is -1.20. The molecule has 0 radical (unpaired) electrons. The molecule has 2 heterocycles. The van der Waals surface area contributed by atoms with Crippen molar-refractivity contribution in [1.29, 1.82) is 0 Å². The van der Waals surface area contributed by atoms with Crippen molar-refractivity contribution in [3.05, 3.63) is 29.0 Å². The molecule has 12 heavy (non-hydrogen) atoms. The molecule has 5 heteroatoms. The van der Waals surface area contributed by atoms with E-state index in [1.165, 1.54) is 0 Å². The highest BCUT2D eigenvalue weighted by Crippen LogP contribution is 2.19. The zero-order valence-corrected chi connectivity index (χ0v) is 7.16. The van der Waals surface area contributed by atoms with Gasteiger partial charge in [0.15, 0.2) is 0 Å². The van der Waals surface area contributed by atoms with Gasteiger partial charge in [-0.2, -0.15) is 0 Å². The van der Waals surface area contributed by atoms with E-state index in [1.54, 1.807) is 24.0 Å². The molecule has 0 aliphatic carbocycles. The normalized spacial score (nSPS) is 10.4. The van der Waals surface area contributed by atoms with Crippen molar-refractivity contribution in [2.75, 3.05) is 0 Å². The Kier molecular flexibility index (Phi) is 1.89. The van der Waals surface area contributed by atoms with Crippen molar-refractivity contribution >= 4 is 11.3 Å². The summed E-state index contributed by atoms with van der Waals surface area (Å²) in [6, 6.07) is 2.01. The molecule has 2 rings (SSSR count). The van der Waals surface area contributed by atoms with Crippen LogP contribution < -0.4 is 5.73 Å². The summed E-state index contributed by atoms with van der Waals surface area (Å²) in [5.74, 6) is 0. The van der Waals surface area contributed by atoms with E-state index in [-0.39, 0.29) is 0 Å². The van der Waals surface area contributed by atoms with Crippen molar-refractivity contribution in [1.82, 2.24) is 14.8 Å². The monoisotopic (exact) mass is 180 g/mol. The Bertz CT molecular complexity index is 351. The van der Waals surface area contributed by atoms with Crippen molar-refractivity contribution in [3.8, 4) is 5.69 Å². The largest absolute Gasteiger partial charge is 0.326 e. The van der Waals surface area contributed by atoms with E-state index in [2.05, 4.69) is 10.2 Å². The molecular formula is C7H8N4S. The molecule has 0 aliphatic rings. The molecule has 0 aliphatic heterocycles. The summed E-state index contributed by atoms with van der Waals surface area (Å²) in [7, 11) is 0. The fourth-order valence-electron chi connectivity index (χ4n) is 1.04. The quantitative estimate of drug-likeness (QED) is 0.743. The third kappa shape index (κ3) is 1.13. The second-order valence-electron chi connectivity index (χ2n) is 2.30. The van der Waals surface area contributed by atoms with Crippen LogP contribution in [0.4, 0.5) is 0 Å². The SMILES string of the molecule is NCc1sccc1-n1cnnc1. The number of aromatic nitrogens is 3. The molecule has 2 N–H and O–H groups in total. The average molecular weight is 180 g/mol. The van der Waals surface area contributed by atoms with E-state index in [9.17, 15) is 0 Å². The van der Waals surface area contributed by atoms with E-state index >= 15 is 0 Å². The van der Waals surface area contributed by atoms with Crippen molar-refractivity contribution in [3.63, 3.8) is 0 Å². The molecule has 0 saturated heterocycles. The van der Waals surface area contributed by atoms with Gasteiger partial charge in [0.05, 0.1) is 5.69 Å². The Balaban J connectivity index is 2.46. The standard InChI is InChI=1S/C7H8N4S/c8-3-7-6(1-2-12-7)11-4-9-10-5-11/h1-2,4-5H,3,8H2. The first-order valence-corrected chi connectivity index (χ1v) is 4.41. The highest BCUT2D eigenvalue weighted by atomic mass is 32.1. The van der Waals surface area contributed by atoms with E-state index < -0.39 is 0 Å². The number of thiophene rings is 1. The molecule has 0 aromatic carbocycles. The molecule has 0 fully saturated rings. The van der Waals surface area contributed by atoms with Gasteiger partial charge >= 0.3 is 0 Å². The average Bonchev–Trinajstić information content (AvgIpc) is 2.74. The lowest BCUT2D eigenvalue weighted by molar-refractivity contribution is 1.01. The lowest BCUT2D eigenvalue weighted by atomic mass is 10.4. The van der Waals surface area contributed by atoms with Gasteiger partial charge in [-0.15, -0.1) is 21.5 Å². The minimum absolute atomic E-state index is 0.561. The lowest BCUT2D eigenvalue weighted by Gasteiger charge is -1.99. The van der Waals surface area contributed by atoms with Crippen LogP contribution in [0.3, 0.4) is 0 Å². The van der Waals surface area contributed by atoms with Gasteiger partial charge in [-0.3, -0.25) is 4.57 Å². The second kappa shape index (κ2) is 3.04. The van der Waals surface area contributed by atoms with Crippen LogP contribution in [0.25, 0.3) is 5.69 Å². The predicted molar refractivity (Wildman–Crippen MR) is 47.1 cm³/mol. The molecular weight excluding hydrogens is 172 g/mol. The first-order valence-electron chi connectivity index (χ1n) is 3.53. The van der Waals surface area contributed by atoms with Crippen LogP contribution in [0.5, 0.6) is 0 Å². The second-order valence-corrected chi connectivity index (χ2v) is 3.30. The summed E-state index contributed by atoms with van der Waals surface area (Å²) in [6.07, 6.45) is 3.34. The van der Waals surface area contributed by atoms with E-state index in [0.717, 1.165) is 10.6 Å². The van der Waals surface area contributed by atoms with Crippen LogP contribution >= 0.6 is 11.3 Å². The van der Waals surface area contributed by atoms with Crippen LogP contribution in [-0.4, -0.2) is 14.8 Å². The number of rotatable bonds is 2. The van der Waals surface area contributed by atoms with E-state index in [0.29, 0.717) is 6.54 Å². The van der Waals surface area contributed by atoms with E-state index in [1.807, 2.05) is 16.0 Å². The van der Waals surface area contributed by atoms with Crippen LogP contribution in [0.2, 0.25) is 0 Å². The molecule has 0 atom stereocenters. The van der Waals surface area contributed by atoms with Crippen LogP contribution in [0, 0.1) is 0 Å². The zero-order chi connectivity index (χ0) is 8.39. The molecule has 62 valence electrons. The van der Waals surface area contributed by atoms with Gasteiger partial charge in [0.1, 0.15) is 12.7 Å². The van der Waals surface area contributed by atoms with Crippen LogP contribution in [0.15, 0.2) is 24.1 Å². The maximum absolute atomic E-state index is 5.56. The van der Waals surface area contributed by atoms with Gasteiger partial charge < -0.3 is 5.73 Å². The molecule has 0 amide bonds. The lowest BCUT2D eigenvalue weighted by Crippen LogP contribution is -1.98. The topological polar surface area (TPSA) is 56.7 Å². The fraction of sp³-hybridized carbons (Fsp3) is 0.143. The summed E-state index contributed by atoms with van der Waals surface area (Å²) in [5.41, 5.74) is 6.63. The minimum Gasteiger partial charge on any atom is -0.326 e. The molecule has 0 spiro atoms. The third-order valence-corrected chi connectivity index (χ3v) is 2.54. The number of nitrogens with zero attached hydrogens (tertiary/aromatic N) is 3. The molecule has 0 bridgehead atoms. The first kappa shape index (κ1) is 7.45. The van der Waals surface area contributed by atoms with Crippen molar-refractivity contribution in [2.24, 2.45) is 5.73 Å². The maximum Gasteiger partial charge on any atom is 0.123 e. The molecule has 0 saturated carbocycles. The Morgan fingerprint density at radius 3 is 2.83 bits per heavy atom. The van der Waals surface area contributed by atoms with Gasteiger partial charge in [-0.05, 0) is 11.4 Å². The van der Waals surface area contributed by atoms with Gasteiger partial charge in [0, 0.05) is 11.4 Å². The highest BCUT2D eigenvalue weighted by molar-refractivity contribution is 7.10. The molecule has 4 nitrogen and oxygen atoms in total. The molecule has 2 aromatic rings. The van der Waals surface area contributed by atoms with Crippen LogP contribution in [-0.2, 0) is 6.54 Å². The Labute approximate surface area is 73.7 Å². The number of hydrogen-bond acceptors (Lipinski definition) is 4. The molecule has 0 unspecified atom stereocenters. The van der Waals surface area contributed by atoms with Crippen LogP contribution in [0.1, 0.15) is 4.88 Å². The minimum atomic E-state index is 0.561. The zero-order valence-electron chi connectivity index (χ0n) is 6.34. The first-order chi connectivity index (χ1) is 5.92. The molecule has 2 aromatic heterocycles. The Morgan fingerprint density at radius 1 is 1.42 bits per heavy atom. The van der Waals surface area contributed by atoms with Gasteiger partial charge in [0.2, 0.25) is 0 Å². The van der Waals surface area contributed by atoms with Crippen molar-refractivity contribution < 1.29 is 0 Å². The van der Waals surface area contributed by atoms with Crippen molar-refractivity contribution in [2.45, 2.75) is 6.54 Å². The fourth-order valence-corrected chi connectivity index (χ4v) is 1.79.